The van der Waals surface area contributed by atoms with E-state index in [-0.39, 0.29) is 0 Å². The third kappa shape index (κ3) is 18.8. The zero-order valence-corrected chi connectivity index (χ0v) is 82.7. The van der Waals surface area contributed by atoms with Crippen LogP contribution in [0.2, 0.25) is 0 Å². The highest BCUT2D eigenvalue weighted by Gasteiger charge is 2.28. The Hall–Kier alpha value is -19.9. The van der Waals surface area contributed by atoms with Gasteiger partial charge in [0.1, 0.15) is 0 Å². The molecule has 0 aliphatic rings. The van der Waals surface area contributed by atoms with Crippen LogP contribution < -0.4 is 29.4 Å². The van der Waals surface area contributed by atoms with Crippen LogP contribution in [-0.2, 0) is 0 Å². The van der Waals surface area contributed by atoms with Crippen molar-refractivity contribution in [3.05, 3.63) is 631 Å². The molecule has 0 saturated carbocycles. The van der Waals surface area contributed by atoms with Crippen molar-refractivity contribution in [3.8, 4) is 55.6 Å². The summed E-state index contributed by atoms with van der Waals surface area (Å²) in [4.78, 5) is 14.2. The molecule has 0 radical (unpaired) electrons. The molecule has 0 atom stereocenters. The molecule has 26 aromatic rings. The van der Waals surface area contributed by atoms with E-state index >= 15 is 0 Å². The molecule has 0 fully saturated rings. The molecule has 0 bridgehead atoms. The minimum atomic E-state index is 1.11. The lowest BCUT2D eigenvalue weighted by Gasteiger charge is -2.30. The smallest absolute Gasteiger partial charge is 0.0540 e. The molecule has 6 nitrogen and oxygen atoms in total. The molecule has 0 saturated heterocycles. The molecule has 0 aliphatic heterocycles. The first-order chi connectivity index (χ1) is 74.5. The Morgan fingerprint density at radius 2 is 0.207 bits per heavy atom. The fourth-order valence-corrected chi connectivity index (χ4v) is 21.5. The lowest BCUT2D eigenvalue weighted by Crippen LogP contribution is -2.12. The molecule has 0 heterocycles. The average molecular weight is 1920 g/mol. The third-order valence-electron chi connectivity index (χ3n) is 28.3. The number of benzene rings is 26. The van der Waals surface area contributed by atoms with Crippen LogP contribution in [0.15, 0.2) is 631 Å². The second-order valence-corrected chi connectivity index (χ2v) is 37.3. The van der Waals surface area contributed by atoms with Crippen molar-refractivity contribution in [2.24, 2.45) is 0 Å². The van der Waals surface area contributed by atoms with Gasteiger partial charge in [-0.1, -0.05) is 449 Å². The molecule has 710 valence electrons. The van der Waals surface area contributed by atoms with Gasteiger partial charge in [0, 0.05) is 101 Å². The van der Waals surface area contributed by atoms with E-state index in [9.17, 15) is 0 Å². The molecular formula is C144H104N6. The highest BCUT2D eigenvalue weighted by Crippen LogP contribution is 2.53. The molecule has 26 aromatic carbocycles. The van der Waals surface area contributed by atoms with Crippen LogP contribution in [0.5, 0.6) is 0 Å². The van der Waals surface area contributed by atoms with E-state index in [1.165, 1.54) is 120 Å². The Bertz CT molecular complexity index is 8480. The number of rotatable bonds is 23. The standard InChI is InChI=1S/C54H38N2.C46H34N2.C44H32N2/c1-5-19-39(20-6-1)55(40-21-7-2-8-22-40)53-37-35-49(45-29-15-17-31-51(45)53)47-33-34-48(44-28-14-13-27-43(44)47)50-36-38-54(52-32-18-16-30-46(50)52)56(41-23-9-3-10-24-41)42-25-11-4-12-26-42;1-5-17-35(18-6-1)37-21-13-27-41(33-37)47(39-23-9-3-10-24-39)45-31-15-30-44-43(45)29-16-32-46(44)48(40-25-11-4-12-26-40)42-28-14-22-38(34-42)36-19-7-2-8-20-36;1-5-17-33(18-6-1)45(34-19-7-2-8-20-34)43-31-29-39(37-25-13-15-27-41(37)43)40-30-32-44(42-28-16-14-26-38(40)42)46(35-21-9-3-10-22-35)36-23-11-4-12-24-36/h1-38H;1-34H;1-32H. The maximum Gasteiger partial charge on any atom is 0.0540 e. The molecule has 0 amide bonds. The van der Waals surface area contributed by atoms with Crippen molar-refractivity contribution in [2.75, 3.05) is 29.4 Å². The van der Waals surface area contributed by atoms with Gasteiger partial charge in [0.2, 0.25) is 0 Å². The average Bonchev–Trinajstić information content (AvgIpc) is 0.741. The van der Waals surface area contributed by atoms with E-state index < -0.39 is 0 Å². The second kappa shape index (κ2) is 42.9. The molecular weight excluding hydrogens is 1810 g/mol. The van der Waals surface area contributed by atoms with Crippen LogP contribution in [0, 0.1) is 0 Å². The lowest BCUT2D eigenvalue weighted by atomic mass is 9.88. The minimum Gasteiger partial charge on any atom is -0.310 e. The summed E-state index contributed by atoms with van der Waals surface area (Å²) in [6, 6.07) is 226. The molecule has 6 heteroatoms. The summed E-state index contributed by atoms with van der Waals surface area (Å²) in [6.07, 6.45) is 0. The van der Waals surface area contributed by atoms with Crippen molar-refractivity contribution in [3.63, 3.8) is 0 Å². The maximum atomic E-state index is 2.38. The Morgan fingerprint density at radius 3 is 0.413 bits per heavy atom. The van der Waals surface area contributed by atoms with Gasteiger partial charge in [0.05, 0.1) is 34.1 Å². The van der Waals surface area contributed by atoms with Gasteiger partial charge in [-0.05, 0) is 270 Å². The number of hydrogen-bond donors (Lipinski definition) is 0. The van der Waals surface area contributed by atoms with Gasteiger partial charge in [0.15, 0.2) is 0 Å². The topological polar surface area (TPSA) is 19.4 Å². The quantitative estimate of drug-likeness (QED) is 0.0631. The lowest BCUT2D eigenvalue weighted by molar-refractivity contribution is 1.28. The molecule has 0 spiro atoms. The fourth-order valence-electron chi connectivity index (χ4n) is 21.5. The van der Waals surface area contributed by atoms with E-state index in [1.54, 1.807) is 0 Å². The van der Waals surface area contributed by atoms with Gasteiger partial charge in [-0.15, -0.1) is 0 Å². The van der Waals surface area contributed by atoms with E-state index in [2.05, 4.69) is 660 Å². The Kier molecular flexibility index (Phi) is 26.5. The first kappa shape index (κ1) is 92.5. The Balaban J connectivity index is 0.000000120. The van der Waals surface area contributed by atoms with Gasteiger partial charge < -0.3 is 29.4 Å². The first-order valence-electron chi connectivity index (χ1n) is 51.3. The van der Waals surface area contributed by atoms with Crippen molar-refractivity contribution in [1.29, 1.82) is 0 Å². The summed E-state index contributed by atoms with van der Waals surface area (Å²) in [7, 11) is 0. The Morgan fingerprint density at radius 1 is 0.0800 bits per heavy atom. The molecule has 0 aliphatic carbocycles. The van der Waals surface area contributed by atoms with Gasteiger partial charge in [-0.3, -0.25) is 0 Å². The van der Waals surface area contributed by atoms with Gasteiger partial charge in [-0.2, -0.15) is 0 Å². The summed E-state index contributed by atoms with van der Waals surface area (Å²) >= 11 is 0. The number of para-hydroxylation sites is 10. The van der Waals surface area contributed by atoms with E-state index in [4.69, 9.17) is 0 Å². The van der Waals surface area contributed by atoms with Crippen LogP contribution >= 0.6 is 0 Å². The van der Waals surface area contributed by atoms with Crippen LogP contribution in [-0.4, -0.2) is 0 Å². The zero-order valence-electron chi connectivity index (χ0n) is 82.7. The monoisotopic (exact) mass is 1920 g/mol. The zero-order chi connectivity index (χ0) is 100. The van der Waals surface area contributed by atoms with Gasteiger partial charge in [0.25, 0.3) is 0 Å². The molecule has 0 N–H and O–H groups in total. The van der Waals surface area contributed by atoms with Crippen LogP contribution in [0.25, 0.3) is 120 Å². The maximum absolute atomic E-state index is 2.38. The van der Waals surface area contributed by atoms with Gasteiger partial charge in [-0.25, -0.2) is 0 Å². The van der Waals surface area contributed by atoms with Crippen molar-refractivity contribution in [2.45, 2.75) is 0 Å². The molecule has 150 heavy (non-hydrogen) atoms. The summed E-state index contributed by atoms with van der Waals surface area (Å²) in [5.41, 5.74) is 32.4. The van der Waals surface area contributed by atoms with E-state index in [0.29, 0.717) is 0 Å². The number of fused-ring (bicyclic) bond motifs is 6. The van der Waals surface area contributed by atoms with Crippen molar-refractivity contribution in [1.82, 2.24) is 0 Å². The molecule has 0 aromatic heterocycles. The highest BCUT2D eigenvalue weighted by atomic mass is 15.2. The summed E-state index contributed by atoms with van der Waals surface area (Å²) in [5, 5.41) is 14.5. The molecule has 0 unspecified atom stereocenters. The minimum absolute atomic E-state index is 1.11. The largest absolute Gasteiger partial charge is 0.310 e. The van der Waals surface area contributed by atoms with Crippen molar-refractivity contribution < 1.29 is 0 Å². The summed E-state index contributed by atoms with van der Waals surface area (Å²) in [6.45, 7) is 0. The van der Waals surface area contributed by atoms with E-state index in [0.717, 1.165) is 102 Å². The first-order valence-corrected chi connectivity index (χ1v) is 51.3. The van der Waals surface area contributed by atoms with Crippen molar-refractivity contribution >= 4 is 167 Å². The third-order valence-corrected chi connectivity index (χ3v) is 28.3. The number of anilines is 18. The fraction of sp³-hybridized carbons (Fsp3) is 0. The highest BCUT2D eigenvalue weighted by molar-refractivity contribution is 6.18. The number of hydrogen-bond acceptors (Lipinski definition) is 6. The predicted octanol–water partition coefficient (Wildman–Crippen LogP) is 41.1. The van der Waals surface area contributed by atoms with Crippen LogP contribution in [0.1, 0.15) is 0 Å². The van der Waals surface area contributed by atoms with Crippen LogP contribution in [0.4, 0.5) is 102 Å². The Labute approximate surface area is 876 Å². The molecule has 26 rings (SSSR count). The van der Waals surface area contributed by atoms with Crippen LogP contribution in [0.3, 0.4) is 0 Å². The normalized spacial score (nSPS) is 11.1. The second-order valence-electron chi connectivity index (χ2n) is 37.3. The van der Waals surface area contributed by atoms with Gasteiger partial charge >= 0.3 is 0 Å². The predicted molar refractivity (Wildman–Crippen MR) is 640 cm³/mol. The summed E-state index contributed by atoms with van der Waals surface area (Å²) < 4.78 is 0. The number of nitrogens with zero attached hydrogens (tertiary/aromatic N) is 6. The summed E-state index contributed by atoms with van der Waals surface area (Å²) in [5.74, 6) is 0. The SMILES string of the molecule is c1ccc(-c2cccc(N(c3ccccc3)c3cccc4c(N(c5ccccc5)c5cccc(-c6ccccc6)c5)cccc34)c2)cc1.c1ccc(N(c2ccccc2)c2ccc(-c3ccc(-c4ccc(N(c5ccccc5)c5ccccc5)c5ccccc45)c4ccccc34)c3ccccc23)cc1.c1ccc(N(c2ccccc2)c2ccc(-c3ccc(N(c4ccccc4)c4ccccc4)c4ccccc34)c3ccccc23)cc1. The van der Waals surface area contributed by atoms with E-state index in [1.807, 2.05) is 0 Å².